The first-order valence-electron chi connectivity index (χ1n) is 7.38. The Hall–Kier alpha value is -2.86. The lowest BCUT2D eigenvalue weighted by Crippen LogP contribution is -2.22. The molecule has 0 saturated heterocycles. The highest BCUT2D eigenvalue weighted by Crippen LogP contribution is 2.26. The van der Waals surface area contributed by atoms with Gasteiger partial charge < -0.3 is 9.84 Å². The molecule has 0 fully saturated rings. The van der Waals surface area contributed by atoms with Crippen LogP contribution in [0.15, 0.2) is 41.2 Å². The third kappa shape index (κ3) is 2.15. The minimum atomic E-state index is -0.0987. The van der Waals surface area contributed by atoms with E-state index in [0.717, 1.165) is 22.2 Å². The number of nitrogens with zero attached hydrogens (tertiary/aromatic N) is 2. The van der Waals surface area contributed by atoms with Crippen LogP contribution in [0.25, 0.3) is 22.1 Å². The number of aryl methyl sites for hydroxylation is 1. The fraction of sp³-hybridized carbons (Fsp3) is 0.111. The molecule has 2 aromatic carbocycles. The summed E-state index contributed by atoms with van der Waals surface area (Å²) < 4.78 is 7.25. The number of methoxy groups -OCH3 is 1. The zero-order valence-electron chi connectivity index (χ0n) is 13.1. The lowest BCUT2D eigenvalue weighted by molar-refractivity contribution is 0.373. The van der Waals surface area contributed by atoms with Crippen LogP contribution in [0.1, 0.15) is 11.1 Å². The van der Waals surface area contributed by atoms with Crippen molar-refractivity contribution in [3.8, 4) is 11.5 Å². The fourth-order valence-corrected chi connectivity index (χ4v) is 3.75. The second-order valence-electron chi connectivity index (χ2n) is 5.52. The highest BCUT2D eigenvalue weighted by molar-refractivity contribution is 7.15. The van der Waals surface area contributed by atoms with E-state index in [2.05, 4.69) is 4.98 Å². The predicted molar refractivity (Wildman–Crippen MR) is 95.0 cm³/mol. The van der Waals surface area contributed by atoms with E-state index in [0.29, 0.717) is 15.2 Å². The number of phenols is 1. The number of phenolic OH excluding ortho intramolecular Hbond substituents is 1. The van der Waals surface area contributed by atoms with Gasteiger partial charge in [-0.15, -0.1) is 0 Å². The second kappa shape index (κ2) is 5.35. The molecule has 0 unspecified atom stereocenters. The normalized spacial score (nSPS) is 12.3. The summed E-state index contributed by atoms with van der Waals surface area (Å²) >= 11 is 1.34. The van der Waals surface area contributed by atoms with Gasteiger partial charge in [-0.05, 0) is 42.3 Å². The van der Waals surface area contributed by atoms with Crippen LogP contribution in [0.3, 0.4) is 0 Å². The number of benzene rings is 2. The Morgan fingerprint density at radius 1 is 1.29 bits per heavy atom. The first kappa shape index (κ1) is 14.7. The van der Waals surface area contributed by atoms with Gasteiger partial charge in [0.05, 0.1) is 22.7 Å². The smallest absolute Gasteiger partial charge is 0.274 e. The molecule has 0 aliphatic rings. The van der Waals surface area contributed by atoms with E-state index in [4.69, 9.17) is 4.74 Å². The topological polar surface area (TPSA) is 63.8 Å². The van der Waals surface area contributed by atoms with Gasteiger partial charge in [-0.2, -0.15) is 0 Å². The molecule has 0 amide bonds. The molecular formula is C18H14N2O3S. The monoisotopic (exact) mass is 338 g/mol. The molecule has 2 heterocycles. The summed E-state index contributed by atoms with van der Waals surface area (Å²) in [4.78, 5) is 18.0. The molecule has 0 spiro atoms. The van der Waals surface area contributed by atoms with Gasteiger partial charge in [0.25, 0.3) is 5.56 Å². The van der Waals surface area contributed by atoms with Crippen molar-refractivity contribution in [1.82, 2.24) is 9.38 Å². The van der Waals surface area contributed by atoms with E-state index >= 15 is 0 Å². The summed E-state index contributed by atoms with van der Waals surface area (Å²) in [6.07, 6.45) is 1.75. The summed E-state index contributed by atoms with van der Waals surface area (Å²) in [7, 11) is 1.50. The number of fused-ring (bicyclic) bond motifs is 3. The molecule has 0 aliphatic heterocycles. The van der Waals surface area contributed by atoms with Crippen molar-refractivity contribution in [2.75, 3.05) is 7.11 Å². The van der Waals surface area contributed by atoms with Gasteiger partial charge in [0, 0.05) is 0 Å². The number of imidazole rings is 1. The minimum absolute atomic E-state index is 0.0427. The van der Waals surface area contributed by atoms with Crippen molar-refractivity contribution in [3.63, 3.8) is 0 Å². The van der Waals surface area contributed by atoms with Crippen LogP contribution in [-0.2, 0) is 0 Å². The van der Waals surface area contributed by atoms with E-state index < -0.39 is 0 Å². The Balaban J connectivity index is 1.95. The average Bonchev–Trinajstić information content (AvgIpc) is 3.06. The van der Waals surface area contributed by atoms with Crippen LogP contribution in [0.2, 0.25) is 0 Å². The standard InChI is InChI=1S/C18H14N2O3S/c1-10-4-3-5-12-16(10)19-18-20(12)17(22)15(24-18)9-11-6-7-14(23-2)13(21)8-11/h3-9,21H,1-2H3/b15-9-. The van der Waals surface area contributed by atoms with E-state index in [1.54, 1.807) is 28.7 Å². The maximum atomic E-state index is 12.7. The third-order valence-electron chi connectivity index (χ3n) is 3.97. The Morgan fingerprint density at radius 2 is 2.12 bits per heavy atom. The van der Waals surface area contributed by atoms with Crippen molar-refractivity contribution < 1.29 is 9.84 Å². The lowest BCUT2D eigenvalue weighted by atomic mass is 10.2. The first-order valence-corrected chi connectivity index (χ1v) is 8.19. The van der Waals surface area contributed by atoms with E-state index in [9.17, 15) is 9.90 Å². The Kier molecular flexibility index (Phi) is 3.28. The summed E-state index contributed by atoms with van der Waals surface area (Å²) in [6.45, 7) is 1.98. The van der Waals surface area contributed by atoms with E-state index in [1.165, 1.54) is 18.4 Å². The molecule has 5 nitrogen and oxygen atoms in total. The quantitative estimate of drug-likeness (QED) is 0.610. The van der Waals surface area contributed by atoms with Gasteiger partial charge in [-0.25, -0.2) is 9.38 Å². The molecule has 6 heteroatoms. The van der Waals surface area contributed by atoms with Gasteiger partial charge in [0.1, 0.15) is 0 Å². The first-order chi connectivity index (χ1) is 11.6. The van der Waals surface area contributed by atoms with Crippen LogP contribution in [-0.4, -0.2) is 21.6 Å². The number of aromatic hydroxyl groups is 1. The van der Waals surface area contributed by atoms with Gasteiger partial charge >= 0.3 is 0 Å². The van der Waals surface area contributed by atoms with Crippen LogP contribution < -0.4 is 14.8 Å². The maximum absolute atomic E-state index is 12.7. The van der Waals surface area contributed by atoms with Gasteiger partial charge in [0.15, 0.2) is 16.5 Å². The molecule has 2 aromatic heterocycles. The van der Waals surface area contributed by atoms with Crippen molar-refractivity contribution >= 4 is 33.4 Å². The summed E-state index contributed by atoms with van der Waals surface area (Å²) in [5, 5.41) is 9.87. The molecule has 4 rings (SSSR count). The fourth-order valence-electron chi connectivity index (χ4n) is 2.77. The number of para-hydroxylation sites is 1. The van der Waals surface area contributed by atoms with Gasteiger partial charge in [-0.3, -0.25) is 4.79 Å². The molecule has 0 saturated carbocycles. The van der Waals surface area contributed by atoms with Crippen molar-refractivity contribution in [2.45, 2.75) is 6.92 Å². The van der Waals surface area contributed by atoms with Gasteiger partial charge in [-0.1, -0.05) is 29.5 Å². The van der Waals surface area contributed by atoms with Crippen LogP contribution >= 0.6 is 11.3 Å². The number of aromatic nitrogens is 2. The molecule has 24 heavy (non-hydrogen) atoms. The molecule has 0 bridgehead atoms. The molecule has 120 valence electrons. The molecule has 0 atom stereocenters. The minimum Gasteiger partial charge on any atom is -0.504 e. The SMILES string of the molecule is COc1ccc(/C=c2\sc3nc4c(C)cccc4n3c2=O)cc1O. The van der Waals surface area contributed by atoms with Crippen molar-refractivity contribution in [3.05, 3.63) is 62.4 Å². The van der Waals surface area contributed by atoms with Crippen LogP contribution in [0, 0.1) is 6.92 Å². The number of thiazole rings is 1. The molecular weight excluding hydrogens is 324 g/mol. The highest BCUT2D eigenvalue weighted by atomic mass is 32.1. The molecule has 1 N–H and O–H groups in total. The third-order valence-corrected chi connectivity index (χ3v) is 4.94. The summed E-state index contributed by atoms with van der Waals surface area (Å²) in [6, 6.07) is 10.8. The Morgan fingerprint density at radius 3 is 2.88 bits per heavy atom. The largest absolute Gasteiger partial charge is 0.504 e. The predicted octanol–water partition coefficient (Wildman–Crippen LogP) is 2.48. The van der Waals surface area contributed by atoms with Crippen molar-refractivity contribution in [1.29, 1.82) is 0 Å². The summed E-state index contributed by atoms with van der Waals surface area (Å²) in [5.74, 6) is 0.443. The Bertz CT molecular complexity index is 1190. The molecule has 4 aromatic rings. The maximum Gasteiger partial charge on any atom is 0.274 e. The average molecular weight is 338 g/mol. The van der Waals surface area contributed by atoms with E-state index in [1.807, 2.05) is 25.1 Å². The highest BCUT2D eigenvalue weighted by Gasteiger charge is 2.12. The number of ether oxygens (including phenoxy) is 1. The number of rotatable bonds is 2. The zero-order chi connectivity index (χ0) is 16.8. The van der Waals surface area contributed by atoms with Crippen molar-refractivity contribution in [2.24, 2.45) is 0 Å². The number of hydrogen-bond donors (Lipinski definition) is 1. The summed E-state index contributed by atoms with van der Waals surface area (Å²) in [5.41, 5.74) is 3.36. The van der Waals surface area contributed by atoms with E-state index in [-0.39, 0.29) is 11.3 Å². The molecule has 0 radical (unpaired) electrons. The van der Waals surface area contributed by atoms with Crippen LogP contribution in [0.5, 0.6) is 11.5 Å². The Labute approximate surface area is 141 Å². The molecule has 0 aliphatic carbocycles. The lowest BCUT2D eigenvalue weighted by Gasteiger charge is -2.02. The van der Waals surface area contributed by atoms with Gasteiger partial charge in [0.2, 0.25) is 0 Å². The second-order valence-corrected chi connectivity index (χ2v) is 6.53. The zero-order valence-corrected chi connectivity index (χ0v) is 13.9. The van der Waals surface area contributed by atoms with Crippen LogP contribution in [0.4, 0.5) is 0 Å². The number of hydrogen-bond acceptors (Lipinski definition) is 5.